The monoisotopic (exact) mass is 347 g/mol. The van der Waals surface area contributed by atoms with Gasteiger partial charge in [-0.1, -0.05) is 18.2 Å². The maximum absolute atomic E-state index is 12.9. The van der Waals surface area contributed by atoms with Gasteiger partial charge in [-0.25, -0.2) is 0 Å². The Balaban J connectivity index is 0.00000176. The number of benzene rings is 1. The van der Waals surface area contributed by atoms with E-state index in [-0.39, 0.29) is 18.3 Å². The van der Waals surface area contributed by atoms with Gasteiger partial charge in [-0.2, -0.15) is 13.2 Å². The Morgan fingerprint density at radius 2 is 1.95 bits per heavy atom. The number of thiophene rings is 1. The average Bonchev–Trinajstić information content (AvgIpc) is 2.77. The third kappa shape index (κ3) is 3.31. The molecular weight excluding hydrogens is 331 g/mol. The van der Waals surface area contributed by atoms with Gasteiger partial charge in [0.15, 0.2) is 0 Å². The van der Waals surface area contributed by atoms with Gasteiger partial charge in [0.05, 0.1) is 5.56 Å². The van der Waals surface area contributed by atoms with Crippen molar-refractivity contribution in [2.24, 2.45) is 0 Å². The standard InChI is InChI=1S/C16H16F3NS.ClH/c1-10-6-13-14(8-20(2)9-15(13)21-10)11-4-3-5-12(7-11)16(17,18)19;/h3-7,14H,8-9H2,1-2H3;1H. The largest absolute Gasteiger partial charge is 0.416 e. The van der Waals surface area contributed by atoms with Crippen LogP contribution in [0.1, 0.15) is 32.4 Å². The molecule has 0 aliphatic carbocycles. The molecule has 3 rings (SSSR count). The van der Waals surface area contributed by atoms with Crippen LogP contribution < -0.4 is 0 Å². The maximum Gasteiger partial charge on any atom is 0.416 e. The van der Waals surface area contributed by atoms with E-state index in [1.807, 2.05) is 14.0 Å². The molecule has 2 heterocycles. The van der Waals surface area contributed by atoms with Crippen molar-refractivity contribution in [1.29, 1.82) is 0 Å². The van der Waals surface area contributed by atoms with E-state index in [2.05, 4.69) is 11.0 Å². The Morgan fingerprint density at radius 1 is 1.23 bits per heavy atom. The Labute approximate surface area is 138 Å². The number of aryl methyl sites for hydroxylation is 1. The highest BCUT2D eigenvalue weighted by molar-refractivity contribution is 7.12. The van der Waals surface area contributed by atoms with Gasteiger partial charge in [0.25, 0.3) is 0 Å². The normalized spacial score (nSPS) is 18.7. The van der Waals surface area contributed by atoms with E-state index in [0.717, 1.165) is 24.7 Å². The molecule has 1 aliphatic heterocycles. The molecule has 0 saturated heterocycles. The molecule has 120 valence electrons. The summed E-state index contributed by atoms with van der Waals surface area (Å²) in [6, 6.07) is 7.86. The van der Waals surface area contributed by atoms with Crippen LogP contribution in [0.5, 0.6) is 0 Å². The van der Waals surface area contributed by atoms with Crippen LogP contribution in [-0.4, -0.2) is 18.5 Å². The minimum atomic E-state index is -4.29. The molecule has 22 heavy (non-hydrogen) atoms. The van der Waals surface area contributed by atoms with Crippen LogP contribution in [-0.2, 0) is 12.7 Å². The van der Waals surface area contributed by atoms with Crippen molar-refractivity contribution in [3.8, 4) is 0 Å². The molecule has 0 bridgehead atoms. The van der Waals surface area contributed by atoms with Crippen LogP contribution in [0.15, 0.2) is 30.3 Å². The predicted octanol–water partition coefficient (Wildman–Crippen LogP) is 5.07. The summed E-state index contributed by atoms with van der Waals surface area (Å²) in [7, 11) is 2.01. The summed E-state index contributed by atoms with van der Waals surface area (Å²) >= 11 is 1.74. The summed E-state index contributed by atoms with van der Waals surface area (Å²) in [6.45, 7) is 3.68. The number of likely N-dealkylation sites (N-methyl/N-ethyl adjacent to an activating group) is 1. The number of halogens is 4. The number of nitrogens with zero attached hydrogens (tertiary/aromatic N) is 1. The zero-order valence-corrected chi connectivity index (χ0v) is 13.9. The van der Waals surface area contributed by atoms with Gasteiger partial charge >= 0.3 is 6.18 Å². The lowest BCUT2D eigenvalue weighted by Gasteiger charge is -2.30. The minimum Gasteiger partial charge on any atom is -0.300 e. The summed E-state index contributed by atoms with van der Waals surface area (Å²) in [5, 5.41) is 0. The summed E-state index contributed by atoms with van der Waals surface area (Å²) in [4.78, 5) is 4.65. The predicted molar refractivity (Wildman–Crippen MR) is 85.9 cm³/mol. The fourth-order valence-electron chi connectivity index (χ4n) is 2.94. The lowest BCUT2D eigenvalue weighted by molar-refractivity contribution is -0.137. The van der Waals surface area contributed by atoms with Crippen LogP contribution in [0.2, 0.25) is 0 Å². The molecule has 1 nitrogen and oxygen atoms in total. The first kappa shape index (κ1) is 17.3. The summed E-state index contributed by atoms with van der Waals surface area (Å²) in [5.74, 6) is 0.0194. The minimum absolute atomic E-state index is 0. The first-order valence-corrected chi connectivity index (χ1v) is 7.61. The van der Waals surface area contributed by atoms with Gasteiger partial charge in [-0.3, -0.25) is 0 Å². The van der Waals surface area contributed by atoms with E-state index in [1.165, 1.54) is 27.5 Å². The molecule has 0 amide bonds. The number of hydrogen-bond donors (Lipinski definition) is 0. The van der Waals surface area contributed by atoms with E-state index >= 15 is 0 Å². The zero-order chi connectivity index (χ0) is 15.2. The fraction of sp³-hybridized carbons (Fsp3) is 0.375. The van der Waals surface area contributed by atoms with Crippen LogP contribution in [0.3, 0.4) is 0 Å². The van der Waals surface area contributed by atoms with Gasteiger partial charge in [0, 0.05) is 28.8 Å². The first-order valence-electron chi connectivity index (χ1n) is 6.79. The Kier molecular flexibility index (Phi) is 4.90. The molecule has 1 aromatic heterocycles. The second-order valence-corrected chi connectivity index (χ2v) is 6.95. The molecule has 2 aromatic rings. The summed E-state index contributed by atoms with van der Waals surface area (Å²) in [5.41, 5.74) is 1.37. The molecule has 6 heteroatoms. The summed E-state index contributed by atoms with van der Waals surface area (Å²) in [6.07, 6.45) is -4.29. The fourth-order valence-corrected chi connectivity index (χ4v) is 4.12. The van der Waals surface area contributed by atoms with Crippen molar-refractivity contribution in [2.45, 2.75) is 25.6 Å². The lowest BCUT2D eigenvalue weighted by atomic mass is 9.87. The molecule has 0 radical (unpaired) electrons. The molecule has 0 fully saturated rings. The van der Waals surface area contributed by atoms with Crippen molar-refractivity contribution in [3.63, 3.8) is 0 Å². The Bertz CT molecular complexity index is 666. The van der Waals surface area contributed by atoms with Crippen molar-refractivity contribution < 1.29 is 13.2 Å². The Hall–Kier alpha value is -1.04. The second kappa shape index (κ2) is 6.22. The van der Waals surface area contributed by atoms with E-state index in [1.54, 1.807) is 17.4 Å². The number of fused-ring (bicyclic) bond motifs is 1. The molecule has 1 unspecified atom stereocenters. The van der Waals surface area contributed by atoms with Gasteiger partial charge in [0.2, 0.25) is 0 Å². The maximum atomic E-state index is 12.9. The van der Waals surface area contributed by atoms with Gasteiger partial charge in [0.1, 0.15) is 0 Å². The van der Waals surface area contributed by atoms with E-state index in [0.29, 0.717) is 0 Å². The quantitative estimate of drug-likeness (QED) is 0.695. The molecular formula is C16H17ClF3NS. The molecule has 1 aliphatic rings. The SMILES string of the molecule is Cc1cc2c(s1)CN(C)CC2c1cccc(C(F)(F)F)c1.Cl. The number of alkyl halides is 3. The van der Waals surface area contributed by atoms with Crippen LogP contribution >= 0.6 is 23.7 Å². The first-order chi connectivity index (χ1) is 9.84. The molecule has 0 spiro atoms. The third-order valence-electron chi connectivity index (χ3n) is 3.86. The highest BCUT2D eigenvalue weighted by Gasteiger charge is 2.32. The van der Waals surface area contributed by atoms with Crippen molar-refractivity contribution in [1.82, 2.24) is 4.90 Å². The number of hydrogen-bond acceptors (Lipinski definition) is 2. The van der Waals surface area contributed by atoms with E-state index in [9.17, 15) is 13.2 Å². The van der Waals surface area contributed by atoms with E-state index in [4.69, 9.17) is 0 Å². The smallest absolute Gasteiger partial charge is 0.300 e. The van der Waals surface area contributed by atoms with E-state index < -0.39 is 11.7 Å². The van der Waals surface area contributed by atoms with Gasteiger partial charge in [-0.15, -0.1) is 23.7 Å². The average molecular weight is 348 g/mol. The topological polar surface area (TPSA) is 3.24 Å². The second-order valence-electron chi connectivity index (χ2n) is 5.61. The van der Waals surface area contributed by atoms with Crippen molar-refractivity contribution in [3.05, 3.63) is 56.8 Å². The highest BCUT2D eigenvalue weighted by atomic mass is 35.5. The summed E-state index contributed by atoms with van der Waals surface area (Å²) < 4.78 is 38.7. The van der Waals surface area contributed by atoms with Crippen molar-refractivity contribution >= 4 is 23.7 Å². The number of rotatable bonds is 1. The van der Waals surface area contributed by atoms with Crippen LogP contribution in [0.25, 0.3) is 0 Å². The molecule has 0 saturated carbocycles. The molecule has 1 atom stereocenters. The zero-order valence-electron chi connectivity index (χ0n) is 12.3. The lowest BCUT2D eigenvalue weighted by Crippen LogP contribution is -2.29. The third-order valence-corrected chi connectivity index (χ3v) is 4.92. The molecule has 1 aromatic carbocycles. The van der Waals surface area contributed by atoms with Crippen LogP contribution in [0.4, 0.5) is 13.2 Å². The highest BCUT2D eigenvalue weighted by Crippen LogP contribution is 2.39. The van der Waals surface area contributed by atoms with Crippen LogP contribution in [0, 0.1) is 6.92 Å². The van der Waals surface area contributed by atoms with Crippen molar-refractivity contribution in [2.75, 3.05) is 13.6 Å². The molecule has 0 N–H and O–H groups in total. The Morgan fingerprint density at radius 3 is 2.64 bits per heavy atom. The van der Waals surface area contributed by atoms with Gasteiger partial charge in [-0.05, 0) is 37.2 Å². The van der Waals surface area contributed by atoms with Gasteiger partial charge < -0.3 is 4.90 Å².